The van der Waals surface area contributed by atoms with E-state index >= 15 is 0 Å². The van der Waals surface area contributed by atoms with Crippen LogP contribution in [0.25, 0.3) is 22.0 Å². The van der Waals surface area contributed by atoms with Gasteiger partial charge in [0.1, 0.15) is 0 Å². The number of para-hydroxylation sites is 1. The highest BCUT2D eigenvalue weighted by molar-refractivity contribution is 6.17. The first-order valence-corrected chi connectivity index (χ1v) is 8.62. The van der Waals surface area contributed by atoms with Crippen LogP contribution in [0.4, 0.5) is 13.2 Å². The van der Waals surface area contributed by atoms with Gasteiger partial charge < -0.3 is 0 Å². The van der Waals surface area contributed by atoms with Crippen molar-refractivity contribution in [3.05, 3.63) is 102 Å². The standard InChI is InChI=1S/C23H14F3NO/c24-23(25,26)22-20(21(28)16-11-5-2-6-12-16)19(15-9-3-1-4-10-15)17-13-7-8-14-18(17)27-22/h1-14H. The molecular weight excluding hydrogens is 363 g/mol. The Morgan fingerprint density at radius 3 is 1.96 bits per heavy atom. The summed E-state index contributed by atoms with van der Waals surface area (Å²) in [5.74, 6) is -0.704. The minimum absolute atomic E-state index is 0.183. The fourth-order valence-corrected chi connectivity index (χ4v) is 3.28. The highest BCUT2D eigenvalue weighted by Gasteiger charge is 2.39. The molecule has 0 fully saturated rings. The van der Waals surface area contributed by atoms with Gasteiger partial charge in [0.2, 0.25) is 0 Å². The molecule has 0 aliphatic carbocycles. The van der Waals surface area contributed by atoms with Crippen molar-refractivity contribution < 1.29 is 18.0 Å². The molecule has 0 N–H and O–H groups in total. The van der Waals surface area contributed by atoms with Crippen LogP contribution in [0.2, 0.25) is 0 Å². The summed E-state index contributed by atoms with van der Waals surface area (Å²) in [4.78, 5) is 17.0. The molecule has 5 heteroatoms. The topological polar surface area (TPSA) is 30.0 Å². The van der Waals surface area contributed by atoms with Gasteiger partial charge in [-0.05, 0) is 11.6 Å². The Balaban J connectivity index is 2.15. The van der Waals surface area contributed by atoms with Gasteiger partial charge in [0, 0.05) is 16.5 Å². The third kappa shape index (κ3) is 3.16. The van der Waals surface area contributed by atoms with E-state index in [-0.39, 0.29) is 16.6 Å². The predicted molar refractivity (Wildman–Crippen MR) is 102 cm³/mol. The molecular formula is C23H14F3NO. The Morgan fingerprint density at radius 1 is 0.750 bits per heavy atom. The number of fused-ring (bicyclic) bond motifs is 1. The van der Waals surface area contributed by atoms with Crippen LogP contribution in [0.15, 0.2) is 84.9 Å². The molecule has 4 aromatic rings. The molecule has 0 radical (unpaired) electrons. The van der Waals surface area contributed by atoms with E-state index < -0.39 is 23.2 Å². The number of hydrogen-bond donors (Lipinski definition) is 0. The summed E-state index contributed by atoms with van der Waals surface area (Å²) in [6.45, 7) is 0. The minimum atomic E-state index is -4.77. The molecule has 0 amide bonds. The molecule has 28 heavy (non-hydrogen) atoms. The van der Waals surface area contributed by atoms with Crippen LogP contribution in [-0.2, 0) is 6.18 Å². The van der Waals surface area contributed by atoms with E-state index in [1.165, 1.54) is 18.2 Å². The zero-order chi connectivity index (χ0) is 19.7. The molecule has 0 saturated heterocycles. The molecule has 1 aromatic heterocycles. The number of hydrogen-bond acceptors (Lipinski definition) is 2. The number of carbonyl (C=O) groups excluding carboxylic acids is 1. The molecule has 0 saturated carbocycles. The first kappa shape index (κ1) is 17.9. The number of halogens is 3. The van der Waals surface area contributed by atoms with Crippen LogP contribution >= 0.6 is 0 Å². The SMILES string of the molecule is O=C(c1ccccc1)c1c(C(F)(F)F)nc2ccccc2c1-c1ccccc1. The van der Waals surface area contributed by atoms with E-state index in [4.69, 9.17) is 0 Å². The average Bonchev–Trinajstić information content (AvgIpc) is 2.72. The summed E-state index contributed by atoms with van der Waals surface area (Å²) in [6, 6.07) is 23.2. The molecule has 0 bridgehead atoms. The average molecular weight is 377 g/mol. The summed E-state index contributed by atoms with van der Waals surface area (Å²) in [7, 11) is 0. The van der Waals surface area contributed by atoms with Crippen LogP contribution in [0.1, 0.15) is 21.6 Å². The normalized spacial score (nSPS) is 11.5. The fraction of sp³-hybridized carbons (Fsp3) is 0.0435. The Morgan fingerprint density at radius 2 is 1.32 bits per heavy atom. The molecule has 0 atom stereocenters. The second-order valence-corrected chi connectivity index (χ2v) is 6.29. The molecule has 0 aliphatic rings. The lowest BCUT2D eigenvalue weighted by atomic mass is 9.89. The molecule has 3 aromatic carbocycles. The molecule has 138 valence electrons. The van der Waals surface area contributed by atoms with Crippen molar-refractivity contribution >= 4 is 16.7 Å². The second kappa shape index (κ2) is 6.93. The van der Waals surface area contributed by atoms with Crippen LogP contribution in [-0.4, -0.2) is 10.8 Å². The maximum absolute atomic E-state index is 13.9. The highest BCUT2D eigenvalue weighted by Crippen LogP contribution is 2.40. The van der Waals surface area contributed by atoms with E-state index in [9.17, 15) is 18.0 Å². The van der Waals surface area contributed by atoms with E-state index in [2.05, 4.69) is 4.98 Å². The van der Waals surface area contributed by atoms with Gasteiger partial charge >= 0.3 is 6.18 Å². The number of benzene rings is 3. The van der Waals surface area contributed by atoms with Crippen LogP contribution in [0.5, 0.6) is 0 Å². The largest absolute Gasteiger partial charge is 0.434 e. The lowest BCUT2D eigenvalue weighted by Crippen LogP contribution is -2.18. The first-order valence-electron chi connectivity index (χ1n) is 8.62. The van der Waals surface area contributed by atoms with Gasteiger partial charge in [-0.25, -0.2) is 4.98 Å². The van der Waals surface area contributed by atoms with Crippen molar-refractivity contribution in [2.75, 3.05) is 0 Å². The Hall–Kier alpha value is -3.47. The van der Waals surface area contributed by atoms with Crippen molar-refractivity contribution in [2.24, 2.45) is 0 Å². The lowest BCUT2D eigenvalue weighted by molar-refractivity contribution is -0.141. The Kier molecular flexibility index (Phi) is 4.43. The maximum Gasteiger partial charge on any atom is 0.434 e. The lowest BCUT2D eigenvalue weighted by Gasteiger charge is -2.18. The van der Waals surface area contributed by atoms with Crippen LogP contribution in [0.3, 0.4) is 0 Å². The molecule has 0 unspecified atom stereocenters. The maximum atomic E-state index is 13.9. The number of pyridine rings is 1. The second-order valence-electron chi connectivity index (χ2n) is 6.29. The molecule has 0 spiro atoms. The Labute approximate surface area is 159 Å². The number of rotatable bonds is 3. The quantitative estimate of drug-likeness (QED) is 0.401. The number of aromatic nitrogens is 1. The number of carbonyl (C=O) groups is 1. The number of ketones is 1. The van der Waals surface area contributed by atoms with Gasteiger partial charge in [0.05, 0.1) is 11.1 Å². The minimum Gasteiger partial charge on any atom is -0.289 e. The van der Waals surface area contributed by atoms with E-state index in [0.29, 0.717) is 10.9 Å². The van der Waals surface area contributed by atoms with Gasteiger partial charge in [0.25, 0.3) is 0 Å². The number of nitrogens with zero attached hydrogens (tertiary/aromatic N) is 1. The van der Waals surface area contributed by atoms with Crippen molar-refractivity contribution in [3.63, 3.8) is 0 Å². The van der Waals surface area contributed by atoms with Crippen molar-refractivity contribution in [1.29, 1.82) is 0 Å². The third-order valence-corrected chi connectivity index (χ3v) is 4.49. The van der Waals surface area contributed by atoms with Crippen molar-refractivity contribution in [3.8, 4) is 11.1 Å². The van der Waals surface area contributed by atoms with Crippen molar-refractivity contribution in [2.45, 2.75) is 6.18 Å². The molecule has 0 aliphatic heterocycles. The summed E-state index contributed by atoms with van der Waals surface area (Å²) < 4.78 is 41.8. The van der Waals surface area contributed by atoms with E-state index in [1.807, 2.05) is 0 Å². The molecule has 1 heterocycles. The zero-order valence-corrected chi connectivity index (χ0v) is 14.6. The smallest absolute Gasteiger partial charge is 0.289 e. The van der Waals surface area contributed by atoms with E-state index in [0.717, 1.165) is 0 Å². The molecule has 2 nitrogen and oxygen atoms in total. The van der Waals surface area contributed by atoms with Gasteiger partial charge in [-0.2, -0.15) is 13.2 Å². The zero-order valence-electron chi connectivity index (χ0n) is 14.6. The Bertz CT molecular complexity index is 1150. The predicted octanol–water partition coefficient (Wildman–Crippen LogP) is 6.15. The van der Waals surface area contributed by atoms with Crippen molar-refractivity contribution in [1.82, 2.24) is 4.98 Å². The monoisotopic (exact) mass is 377 g/mol. The van der Waals surface area contributed by atoms with Gasteiger partial charge in [0.15, 0.2) is 11.5 Å². The first-order chi connectivity index (χ1) is 13.5. The number of alkyl halides is 3. The van der Waals surface area contributed by atoms with E-state index in [1.54, 1.807) is 66.7 Å². The van der Waals surface area contributed by atoms with Gasteiger partial charge in [-0.15, -0.1) is 0 Å². The summed E-state index contributed by atoms with van der Waals surface area (Å²) in [5.41, 5.74) is -0.443. The van der Waals surface area contributed by atoms with Crippen LogP contribution in [0, 0.1) is 0 Å². The summed E-state index contributed by atoms with van der Waals surface area (Å²) in [5, 5.41) is 0.501. The van der Waals surface area contributed by atoms with Crippen LogP contribution < -0.4 is 0 Å². The fourth-order valence-electron chi connectivity index (χ4n) is 3.28. The third-order valence-electron chi connectivity index (χ3n) is 4.49. The molecule has 4 rings (SSSR count). The summed E-state index contributed by atoms with van der Waals surface area (Å²) in [6.07, 6.45) is -4.77. The van der Waals surface area contributed by atoms with Gasteiger partial charge in [-0.3, -0.25) is 4.79 Å². The van der Waals surface area contributed by atoms with Gasteiger partial charge in [-0.1, -0.05) is 78.9 Å². The summed E-state index contributed by atoms with van der Waals surface area (Å²) >= 11 is 0. The highest BCUT2D eigenvalue weighted by atomic mass is 19.4.